The van der Waals surface area contributed by atoms with Crippen LogP contribution in [-0.2, 0) is 10.0 Å². The second-order valence-corrected chi connectivity index (χ2v) is 12.3. The highest BCUT2D eigenvalue weighted by Gasteiger charge is 2.25. The number of benzene rings is 3. The standard InChI is InChI=1S/C29H30N6O2S/c1-19(2)38(36,37)35-25-18-22(12-15-24(25)31-29(35)30)27-26(20-8-4-3-5-9-20)32-28(33-27)21-10-13-23(14-11-21)34-16-6-7-17-34/h3-5,8-15,18-19H,6-7,16-17H2,1-2H3,(H2,30,31)(H,32,33). The monoisotopic (exact) mass is 526 g/mol. The lowest BCUT2D eigenvalue weighted by molar-refractivity contribution is 0.580. The van der Waals surface area contributed by atoms with Crippen molar-refractivity contribution < 1.29 is 8.42 Å². The zero-order chi connectivity index (χ0) is 26.4. The molecule has 3 heterocycles. The summed E-state index contributed by atoms with van der Waals surface area (Å²) in [6.45, 7) is 5.46. The van der Waals surface area contributed by atoms with Gasteiger partial charge in [-0.25, -0.2) is 22.4 Å². The van der Waals surface area contributed by atoms with E-state index in [-0.39, 0.29) is 5.95 Å². The van der Waals surface area contributed by atoms with Crippen LogP contribution in [0.4, 0.5) is 11.6 Å². The van der Waals surface area contributed by atoms with Crippen LogP contribution in [0.2, 0.25) is 0 Å². The minimum absolute atomic E-state index is 0.0464. The smallest absolute Gasteiger partial charge is 0.244 e. The predicted octanol–water partition coefficient (Wildman–Crippen LogP) is 5.53. The molecular weight excluding hydrogens is 496 g/mol. The zero-order valence-corrected chi connectivity index (χ0v) is 22.2. The van der Waals surface area contributed by atoms with Gasteiger partial charge in [-0.3, -0.25) is 0 Å². The Labute approximate surface area is 222 Å². The summed E-state index contributed by atoms with van der Waals surface area (Å²) in [6, 6.07) is 24.0. The molecule has 3 N–H and O–H groups in total. The lowest BCUT2D eigenvalue weighted by atomic mass is 10.0. The lowest BCUT2D eigenvalue weighted by Gasteiger charge is -2.17. The number of nitrogen functional groups attached to an aromatic ring is 1. The molecule has 0 aliphatic carbocycles. The number of hydrogen-bond donors (Lipinski definition) is 2. The van der Waals surface area contributed by atoms with E-state index in [1.165, 1.54) is 18.5 Å². The van der Waals surface area contributed by atoms with Gasteiger partial charge in [-0.15, -0.1) is 0 Å². The van der Waals surface area contributed by atoms with E-state index < -0.39 is 15.3 Å². The lowest BCUT2D eigenvalue weighted by Crippen LogP contribution is -2.23. The van der Waals surface area contributed by atoms with Crippen molar-refractivity contribution in [3.8, 4) is 33.9 Å². The van der Waals surface area contributed by atoms with Gasteiger partial charge < -0.3 is 15.6 Å². The minimum Gasteiger partial charge on any atom is -0.372 e. The first-order chi connectivity index (χ1) is 18.3. The van der Waals surface area contributed by atoms with Crippen LogP contribution in [0.15, 0.2) is 72.8 Å². The van der Waals surface area contributed by atoms with Gasteiger partial charge in [0.2, 0.25) is 16.0 Å². The summed E-state index contributed by atoms with van der Waals surface area (Å²) in [5.41, 5.74) is 12.6. The first-order valence-electron chi connectivity index (χ1n) is 12.9. The molecule has 0 amide bonds. The van der Waals surface area contributed by atoms with Crippen LogP contribution in [0.3, 0.4) is 0 Å². The molecule has 1 saturated heterocycles. The van der Waals surface area contributed by atoms with Crippen LogP contribution in [0.1, 0.15) is 26.7 Å². The van der Waals surface area contributed by atoms with Crippen molar-refractivity contribution in [2.75, 3.05) is 23.7 Å². The SMILES string of the molecule is CC(C)S(=O)(=O)n1c(N)nc2ccc(-c3nc(-c4ccc(N5CCCC5)cc4)[nH]c3-c3ccccc3)cc21. The average Bonchev–Trinajstić information content (AvgIpc) is 3.67. The number of aromatic amines is 1. The molecule has 194 valence electrons. The molecule has 0 unspecified atom stereocenters. The number of aromatic nitrogens is 4. The van der Waals surface area contributed by atoms with Crippen molar-refractivity contribution in [3.63, 3.8) is 0 Å². The van der Waals surface area contributed by atoms with Crippen molar-refractivity contribution in [1.82, 2.24) is 18.9 Å². The number of hydrogen-bond acceptors (Lipinski definition) is 6. The maximum absolute atomic E-state index is 13.1. The molecular formula is C29H30N6O2S. The van der Waals surface area contributed by atoms with Gasteiger partial charge in [-0.1, -0.05) is 36.4 Å². The maximum Gasteiger partial charge on any atom is 0.244 e. The van der Waals surface area contributed by atoms with Crippen molar-refractivity contribution in [3.05, 3.63) is 72.8 Å². The molecule has 38 heavy (non-hydrogen) atoms. The van der Waals surface area contributed by atoms with E-state index >= 15 is 0 Å². The van der Waals surface area contributed by atoms with E-state index in [1.807, 2.05) is 42.5 Å². The molecule has 0 bridgehead atoms. The highest BCUT2D eigenvalue weighted by atomic mass is 32.2. The topological polar surface area (TPSA) is 110 Å². The van der Waals surface area contributed by atoms with Gasteiger partial charge in [0.15, 0.2) is 0 Å². The summed E-state index contributed by atoms with van der Waals surface area (Å²) in [5.74, 6) is 0.699. The van der Waals surface area contributed by atoms with Crippen LogP contribution in [-0.4, -0.2) is 45.7 Å². The van der Waals surface area contributed by atoms with Crippen LogP contribution in [0.25, 0.3) is 44.9 Å². The fourth-order valence-electron chi connectivity index (χ4n) is 5.04. The molecule has 1 aliphatic rings. The molecule has 0 spiro atoms. The first-order valence-corrected chi connectivity index (χ1v) is 14.4. The molecule has 3 aromatic carbocycles. The highest BCUT2D eigenvalue weighted by Crippen LogP contribution is 2.35. The summed E-state index contributed by atoms with van der Waals surface area (Å²) in [5, 5.41) is -0.647. The Kier molecular flexibility index (Phi) is 5.95. The summed E-state index contributed by atoms with van der Waals surface area (Å²) in [6.07, 6.45) is 2.47. The third-order valence-electron chi connectivity index (χ3n) is 7.14. The number of rotatable bonds is 6. The van der Waals surface area contributed by atoms with E-state index in [2.05, 4.69) is 39.1 Å². The summed E-state index contributed by atoms with van der Waals surface area (Å²) in [7, 11) is -3.70. The van der Waals surface area contributed by atoms with Crippen molar-refractivity contribution >= 4 is 32.7 Å². The van der Waals surface area contributed by atoms with Crippen molar-refractivity contribution in [1.29, 1.82) is 0 Å². The third kappa shape index (κ3) is 4.12. The van der Waals surface area contributed by atoms with Gasteiger partial charge in [0, 0.05) is 35.5 Å². The Morgan fingerprint density at radius 3 is 2.24 bits per heavy atom. The van der Waals surface area contributed by atoms with Crippen LogP contribution in [0.5, 0.6) is 0 Å². The quantitative estimate of drug-likeness (QED) is 0.301. The molecule has 8 nitrogen and oxygen atoms in total. The van der Waals surface area contributed by atoms with Crippen LogP contribution in [0, 0.1) is 0 Å². The molecule has 0 radical (unpaired) electrons. The molecule has 2 aromatic heterocycles. The summed E-state index contributed by atoms with van der Waals surface area (Å²) in [4.78, 5) is 15.2. The first kappa shape index (κ1) is 24.2. The number of nitrogens with one attached hydrogen (secondary N) is 1. The molecule has 6 rings (SSSR count). The predicted molar refractivity (Wildman–Crippen MR) is 153 cm³/mol. The second-order valence-electron chi connectivity index (χ2n) is 9.95. The number of nitrogens with zero attached hydrogens (tertiary/aromatic N) is 4. The van der Waals surface area contributed by atoms with Crippen molar-refractivity contribution in [2.24, 2.45) is 0 Å². The van der Waals surface area contributed by atoms with Gasteiger partial charge >= 0.3 is 0 Å². The van der Waals surface area contributed by atoms with Crippen LogP contribution >= 0.6 is 0 Å². The van der Waals surface area contributed by atoms with Gasteiger partial charge in [0.25, 0.3) is 0 Å². The summed E-state index contributed by atoms with van der Waals surface area (Å²) < 4.78 is 27.3. The number of H-pyrrole nitrogens is 1. The fourth-order valence-corrected chi connectivity index (χ4v) is 6.18. The highest BCUT2D eigenvalue weighted by molar-refractivity contribution is 7.90. The van der Waals surface area contributed by atoms with Crippen LogP contribution < -0.4 is 10.6 Å². The molecule has 1 aliphatic heterocycles. The maximum atomic E-state index is 13.1. The Hall–Kier alpha value is -4.11. The van der Waals surface area contributed by atoms with E-state index in [4.69, 9.17) is 10.7 Å². The Morgan fingerprint density at radius 2 is 1.55 bits per heavy atom. The Morgan fingerprint density at radius 1 is 0.868 bits per heavy atom. The second kappa shape index (κ2) is 9.33. The van der Waals surface area contributed by atoms with Gasteiger partial charge in [-0.05, 0) is 63.1 Å². The normalized spacial score (nSPS) is 14.1. The van der Waals surface area contributed by atoms with E-state index in [0.717, 1.165) is 51.0 Å². The van der Waals surface area contributed by atoms with E-state index in [0.29, 0.717) is 11.0 Å². The zero-order valence-electron chi connectivity index (χ0n) is 21.4. The number of imidazole rings is 2. The molecule has 9 heteroatoms. The fraction of sp³-hybridized carbons (Fsp3) is 0.241. The molecule has 0 atom stereocenters. The van der Waals surface area contributed by atoms with E-state index in [9.17, 15) is 8.42 Å². The van der Waals surface area contributed by atoms with Gasteiger partial charge in [-0.2, -0.15) is 0 Å². The number of nitrogens with two attached hydrogens (primary N) is 1. The Balaban J connectivity index is 1.49. The average molecular weight is 527 g/mol. The third-order valence-corrected chi connectivity index (χ3v) is 9.22. The van der Waals surface area contributed by atoms with Crippen molar-refractivity contribution in [2.45, 2.75) is 31.9 Å². The molecule has 5 aromatic rings. The number of anilines is 2. The number of fused-ring (bicyclic) bond motifs is 1. The summed E-state index contributed by atoms with van der Waals surface area (Å²) >= 11 is 0. The Bertz CT molecular complexity index is 1710. The molecule has 1 fully saturated rings. The minimum atomic E-state index is -3.70. The van der Waals surface area contributed by atoms with E-state index in [1.54, 1.807) is 19.9 Å². The van der Waals surface area contributed by atoms with Gasteiger partial charge in [0.05, 0.1) is 27.7 Å². The largest absolute Gasteiger partial charge is 0.372 e. The molecule has 0 saturated carbocycles. The van der Waals surface area contributed by atoms with Gasteiger partial charge in [0.1, 0.15) is 5.82 Å².